The number of hydrogen-bond acceptors (Lipinski definition) is 8. The van der Waals surface area contributed by atoms with Crippen LogP contribution in [0.1, 0.15) is 0 Å². The van der Waals surface area contributed by atoms with Crippen molar-refractivity contribution < 1.29 is 111 Å². The zero-order valence-corrected chi connectivity index (χ0v) is 15.5. The molecule has 70 valence electrons. The molecule has 0 aromatic heterocycles. The smallest absolute Gasteiger partial charge is 0.894 e. The number of rotatable bonds is 0. The van der Waals surface area contributed by atoms with E-state index in [1.807, 2.05) is 0 Å². The summed E-state index contributed by atoms with van der Waals surface area (Å²) in [5, 5.41) is 0. The molecule has 13 heteroatoms. The van der Waals surface area contributed by atoms with Crippen molar-refractivity contribution in [3.63, 3.8) is 0 Å². The fourth-order valence-electron chi connectivity index (χ4n) is 0. The van der Waals surface area contributed by atoms with Gasteiger partial charge in [-0.15, -0.1) is 0 Å². The Kier molecular flexibility index (Phi) is 29.8. The van der Waals surface area contributed by atoms with Crippen molar-refractivity contribution in [1.82, 2.24) is 0 Å². The summed E-state index contributed by atoms with van der Waals surface area (Å²) < 4.78 is 0. The van der Waals surface area contributed by atoms with Crippen LogP contribution in [0.4, 0.5) is 0 Å². The minimum absolute atomic E-state index is 0. The van der Waals surface area contributed by atoms with E-state index in [0.29, 0.717) is 0 Å². The van der Waals surface area contributed by atoms with E-state index in [2.05, 4.69) is 0 Å². The van der Waals surface area contributed by atoms with Gasteiger partial charge in [0.25, 0.3) is 0 Å². The van der Waals surface area contributed by atoms with E-state index < -0.39 is 18.1 Å². The topological polar surface area (TPSA) is 184 Å². The minimum atomic E-state index is -5.61. The van der Waals surface area contributed by atoms with E-state index in [0.717, 1.165) is 0 Å². The normalized spacial score (nSPS) is 9.23. The summed E-state index contributed by atoms with van der Waals surface area (Å²) >= 11 is 0. The molecule has 0 saturated carbocycles. The molecule has 0 saturated heterocycles. The van der Waals surface area contributed by atoms with Gasteiger partial charge < -0.3 is 56.5 Å². The largest absolute Gasteiger partial charge is 3.00 e. The van der Waals surface area contributed by atoms with E-state index in [1.165, 1.54) is 0 Å². The van der Waals surface area contributed by atoms with Crippen LogP contribution in [0.5, 0.6) is 0 Å². The molecule has 0 unspecified atom stereocenters. The Morgan fingerprint density at radius 3 is 0.538 bits per heavy atom. The van der Waals surface area contributed by atoms with E-state index in [9.17, 15) is 0 Å². The third-order valence-corrected chi connectivity index (χ3v) is 0. The third kappa shape index (κ3) is 285. The summed E-state index contributed by atoms with van der Waals surface area (Å²) in [5.74, 6) is 0. The van der Waals surface area contributed by atoms with Crippen molar-refractivity contribution >= 4 is 35.5 Å². The van der Waals surface area contributed by atoms with Crippen LogP contribution in [-0.2, 0) is 21.1 Å². The Balaban J connectivity index is -0.0000000267. The molecule has 0 aliphatic rings. The predicted octanol–water partition coefficient (Wildman–Crippen LogP) is -13.7. The van der Waals surface area contributed by atoms with Gasteiger partial charge in [-0.1, -0.05) is 0 Å². The van der Waals surface area contributed by atoms with Gasteiger partial charge in [-0.2, -0.15) is 0 Å². The van der Waals surface area contributed by atoms with Crippen LogP contribution in [0.2, 0.25) is 0 Å². The Hall–Kier alpha value is 2.97. The zero-order chi connectivity index (χ0) is 9.00. The second-order valence-corrected chi connectivity index (χ2v) is 3.00. The van der Waals surface area contributed by atoms with Crippen molar-refractivity contribution in [2.24, 2.45) is 0 Å². The fraction of sp³-hybridized carbons (Fsp3) is 0. The first-order chi connectivity index (χ1) is 4.00. The molecule has 0 aliphatic heterocycles. The third-order valence-electron chi connectivity index (χ3n) is 0. The first-order valence-electron chi connectivity index (χ1n) is 1.63. The van der Waals surface area contributed by atoms with Crippen molar-refractivity contribution in [1.29, 1.82) is 0 Å². The van der Waals surface area contributed by atoms with Crippen LogP contribution in [0.15, 0.2) is 0 Å². The van der Waals surface area contributed by atoms with Gasteiger partial charge in [0.2, 0.25) is 0 Å². The summed E-state index contributed by atoms with van der Waals surface area (Å²) in [6.07, 6.45) is 0. The van der Waals surface area contributed by atoms with E-state index in [4.69, 9.17) is 38.4 Å². The average Bonchev–Trinajstić information content (AvgIpc) is 1.12. The van der Waals surface area contributed by atoms with Crippen LogP contribution in [0.3, 0.4) is 0 Å². The van der Waals surface area contributed by atoms with Crippen LogP contribution in [0, 0.1) is 0 Å². The molecule has 0 bridgehead atoms. The van der Waals surface area contributed by atoms with Crippen molar-refractivity contribution in [2.45, 2.75) is 0 Å². The summed E-state index contributed by atoms with van der Waals surface area (Å²) in [7, 11) is -11.2. The van der Waals surface area contributed by atoms with Crippen molar-refractivity contribution in [3.8, 4) is 0 Å². The van der Waals surface area contributed by atoms with Crippen molar-refractivity contribution in [3.05, 3.63) is 0 Å². The van der Waals surface area contributed by atoms with Crippen LogP contribution in [0.25, 0.3) is 0 Å². The maximum atomic E-state index is 8.58. The molecule has 0 amide bonds. The maximum absolute atomic E-state index is 8.58. The Bertz CT molecular complexity index is 65.1. The van der Waals surface area contributed by atoms with Gasteiger partial charge in [0.05, 0.1) is 0 Å². The predicted molar refractivity (Wildman–Crippen MR) is 17.3 cm³/mol. The van der Waals surface area contributed by atoms with Crippen LogP contribution < -0.4 is 89.7 Å². The Labute approximate surface area is 144 Å². The van der Waals surface area contributed by atoms with Gasteiger partial charge in [0.1, 0.15) is 0 Å². The molecule has 0 atom stereocenters. The molecule has 0 N–H and O–H groups in total. The molecule has 0 fully saturated rings. The monoisotopic (exact) mass is 434 g/mol. The van der Waals surface area contributed by atoms with Gasteiger partial charge in [-0.05, 0) is 0 Å². The summed E-state index contributed by atoms with van der Waals surface area (Å²) in [5.41, 5.74) is 0. The molecular weight excluding hydrogens is 434 g/mol. The fourth-order valence-corrected chi connectivity index (χ4v) is 0. The molecule has 0 radical (unpaired) electrons. The van der Waals surface area contributed by atoms with Gasteiger partial charge >= 0.3 is 68.7 Å². The quantitative estimate of drug-likeness (QED) is 0.337. The second-order valence-electron chi connectivity index (χ2n) is 1.00. The first kappa shape index (κ1) is 29.7. The molecule has 0 rings (SSSR count). The average molecular weight is 434 g/mol. The molecular formula is AlKO8Si2W-4. The Morgan fingerprint density at radius 2 is 0.538 bits per heavy atom. The van der Waals surface area contributed by atoms with Gasteiger partial charge in [-0.25, -0.2) is 0 Å². The number of hydrogen-bond donors (Lipinski definition) is 0. The van der Waals surface area contributed by atoms with Crippen molar-refractivity contribution in [2.75, 3.05) is 0 Å². The van der Waals surface area contributed by atoms with Crippen LogP contribution >= 0.6 is 0 Å². The van der Waals surface area contributed by atoms with Crippen LogP contribution in [-0.4, -0.2) is 35.5 Å². The molecule has 0 aromatic rings. The molecule has 0 aromatic carbocycles. The Morgan fingerprint density at radius 1 is 0.538 bits per heavy atom. The summed E-state index contributed by atoms with van der Waals surface area (Å²) in [4.78, 5) is 68.6. The SMILES string of the molecule is [Al+3].[K+].[O-][Si]([O-])([O-])[O-].[O-][Si]([O-])([O-])[O-].[W]. The minimum Gasteiger partial charge on any atom is -0.894 e. The van der Waals surface area contributed by atoms with Gasteiger partial charge in [-0.3, -0.25) is 0 Å². The maximum Gasteiger partial charge on any atom is 3.00 e. The van der Waals surface area contributed by atoms with Gasteiger partial charge in [0, 0.05) is 21.1 Å². The molecule has 0 heterocycles. The standard InChI is InChI=1S/Al.K.2O4Si.W/c;;2*1-5(2,3)4;/q+3;+1;2*-4;. The first-order valence-corrected chi connectivity index (χ1v) is 4.90. The summed E-state index contributed by atoms with van der Waals surface area (Å²) in [6.45, 7) is 0. The van der Waals surface area contributed by atoms with E-state index >= 15 is 0 Å². The molecule has 0 spiro atoms. The van der Waals surface area contributed by atoms with E-state index in [-0.39, 0.29) is 89.8 Å². The molecule has 8 nitrogen and oxygen atoms in total. The van der Waals surface area contributed by atoms with Gasteiger partial charge in [0.15, 0.2) is 0 Å². The second kappa shape index (κ2) is 13.0. The zero-order valence-electron chi connectivity index (χ0n) is 6.25. The van der Waals surface area contributed by atoms with E-state index in [1.54, 1.807) is 0 Å². The summed E-state index contributed by atoms with van der Waals surface area (Å²) in [6, 6.07) is 0. The molecule has 13 heavy (non-hydrogen) atoms. The molecule has 0 aliphatic carbocycles.